The first kappa shape index (κ1) is 22.7. The summed E-state index contributed by atoms with van der Waals surface area (Å²) in [7, 11) is -3.55. The molecule has 2 aromatic carbocycles. The van der Waals surface area contributed by atoms with Gasteiger partial charge in [0.05, 0.1) is 16.5 Å². The van der Waals surface area contributed by atoms with Gasteiger partial charge in [0.1, 0.15) is 0 Å². The molecule has 0 bridgehead atoms. The zero-order valence-corrected chi connectivity index (χ0v) is 19.0. The second-order valence-electron chi connectivity index (χ2n) is 6.78. The first-order valence-electron chi connectivity index (χ1n) is 8.83. The Bertz CT molecular complexity index is 1020. The van der Waals surface area contributed by atoms with Gasteiger partial charge in [-0.15, -0.1) is 0 Å². The van der Waals surface area contributed by atoms with Crippen LogP contribution in [0.15, 0.2) is 36.4 Å². The van der Waals surface area contributed by atoms with Crippen molar-refractivity contribution >= 4 is 68.0 Å². The van der Waals surface area contributed by atoms with Gasteiger partial charge in [-0.2, -0.15) is 0 Å². The molecule has 0 radical (unpaired) electrons. The maximum Gasteiger partial charge on any atom is 0.227 e. The molecule has 2 aromatic rings. The van der Waals surface area contributed by atoms with Crippen LogP contribution in [0.25, 0.3) is 0 Å². The standard InChI is InChI=1S/C19H18Cl4N2O3S/c20-14-2-1-13(16(22)9-14)11-29(27,28)25-7-5-12(6-8-25)19(26)24-18-4-3-15(21)10-17(18)23/h1-4,9-10,12H,5-8,11H2,(H,24,26). The van der Waals surface area contributed by atoms with E-state index >= 15 is 0 Å². The van der Waals surface area contributed by atoms with Crippen molar-refractivity contribution in [2.24, 2.45) is 5.92 Å². The Balaban J connectivity index is 1.59. The molecule has 10 heteroatoms. The number of nitrogens with zero attached hydrogens (tertiary/aromatic N) is 1. The smallest absolute Gasteiger partial charge is 0.227 e. The van der Waals surface area contributed by atoms with Crippen LogP contribution >= 0.6 is 46.4 Å². The summed E-state index contributed by atoms with van der Waals surface area (Å²) >= 11 is 23.9. The van der Waals surface area contributed by atoms with Crippen molar-refractivity contribution < 1.29 is 13.2 Å². The van der Waals surface area contributed by atoms with Crippen molar-refractivity contribution in [3.8, 4) is 0 Å². The summed E-state index contributed by atoms with van der Waals surface area (Å²) in [5, 5.41) is 4.38. The fraction of sp³-hybridized carbons (Fsp3) is 0.316. The molecule has 1 saturated heterocycles. The second kappa shape index (κ2) is 9.41. The summed E-state index contributed by atoms with van der Waals surface area (Å²) in [6.07, 6.45) is 0.843. The van der Waals surface area contributed by atoms with Crippen LogP contribution in [-0.4, -0.2) is 31.7 Å². The van der Waals surface area contributed by atoms with Crippen molar-refractivity contribution in [2.75, 3.05) is 18.4 Å². The van der Waals surface area contributed by atoms with E-state index in [4.69, 9.17) is 46.4 Å². The number of halogens is 4. The Morgan fingerprint density at radius 2 is 1.55 bits per heavy atom. The molecule has 0 aliphatic carbocycles. The van der Waals surface area contributed by atoms with Gasteiger partial charge in [0.2, 0.25) is 15.9 Å². The third-order valence-electron chi connectivity index (χ3n) is 4.76. The first-order valence-corrected chi connectivity index (χ1v) is 12.0. The first-order chi connectivity index (χ1) is 13.7. The third-order valence-corrected chi connectivity index (χ3v) is 7.72. The highest BCUT2D eigenvalue weighted by atomic mass is 35.5. The SMILES string of the molecule is O=C(Nc1ccc(Cl)cc1Cl)C1CCN(S(=O)(=O)Cc2ccc(Cl)cc2Cl)CC1. The van der Waals surface area contributed by atoms with E-state index in [1.54, 1.807) is 30.3 Å². The molecular formula is C19H18Cl4N2O3S. The van der Waals surface area contributed by atoms with Crippen LogP contribution in [0, 0.1) is 5.92 Å². The molecule has 5 nitrogen and oxygen atoms in total. The molecule has 0 spiro atoms. The van der Waals surface area contributed by atoms with E-state index in [9.17, 15) is 13.2 Å². The molecule has 1 amide bonds. The van der Waals surface area contributed by atoms with Crippen molar-refractivity contribution in [3.05, 3.63) is 62.1 Å². The average Bonchev–Trinajstić information content (AvgIpc) is 2.66. The summed E-state index contributed by atoms with van der Waals surface area (Å²) < 4.78 is 26.9. The second-order valence-corrected chi connectivity index (χ2v) is 10.4. The van der Waals surface area contributed by atoms with Gasteiger partial charge in [0.15, 0.2) is 0 Å². The number of carbonyl (C=O) groups excluding carboxylic acids is 1. The van der Waals surface area contributed by atoms with Gasteiger partial charge < -0.3 is 5.32 Å². The molecule has 1 aliphatic rings. The minimum Gasteiger partial charge on any atom is -0.325 e. The minimum absolute atomic E-state index is 0.188. The largest absolute Gasteiger partial charge is 0.325 e. The van der Waals surface area contributed by atoms with Gasteiger partial charge in [0.25, 0.3) is 0 Å². The quantitative estimate of drug-likeness (QED) is 0.597. The number of hydrogen-bond donors (Lipinski definition) is 1. The van der Waals surface area contributed by atoms with Crippen LogP contribution in [0.2, 0.25) is 20.1 Å². The normalized spacial score (nSPS) is 16.0. The number of anilines is 1. The molecule has 1 aliphatic heterocycles. The number of piperidine rings is 1. The molecule has 0 aromatic heterocycles. The zero-order valence-electron chi connectivity index (χ0n) is 15.2. The lowest BCUT2D eigenvalue weighted by molar-refractivity contribution is -0.120. The summed E-state index contributed by atoms with van der Waals surface area (Å²) in [4.78, 5) is 12.5. The molecule has 1 N–H and O–H groups in total. The van der Waals surface area contributed by atoms with Crippen molar-refractivity contribution in [1.29, 1.82) is 0 Å². The van der Waals surface area contributed by atoms with Gasteiger partial charge in [-0.05, 0) is 48.7 Å². The van der Waals surface area contributed by atoms with E-state index in [-0.39, 0.29) is 30.7 Å². The molecule has 0 atom stereocenters. The Kier molecular flexibility index (Phi) is 7.36. The summed E-state index contributed by atoms with van der Waals surface area (Å²) in [5.41, 5.74) is 0.974. The average molecular weight is 496 g/mol. The van der Waals surface area contributed by atoms with E-state index in [0.29, 0.717) is 44.2 Å². The maximum atomic E-state index is 12.7. The summed E-state index contributed by atoms with van der Waals surface area (Å²) in [6, 6.07) is 9.56. The minimum atomic E-state index is -3.55. The molecule has 1 fully saturated rings. The van der Waals surface area contributed by atoms with Gasteiger partial charge in [-0.3, -0.25) is 4.79 Å². The highest BCUT2D eigenvalue weighted by Gasteiger charge is 2.31. The van der Waals surface area contributed by atoms with Crippen LogP contribution in [0.4, 0.5) is 5.69 Å². The van der Waals surface area contributed by atoms with Gasteiger partial charge in [-0.25, -0.2) is 12.7 Å². The Morgan fingerprint density at radius 1 is 0.966 bits per heavy atom. The molecule has 0 saturated carbocycles. The van der Waals surface area contributed by atoms with Crippen molar-refractivity contribution in [2.45, 2.75) is 18.6 Å². The number of rotatable bonds is 5. The number of carbonyl (C=O) groups is 1. The number of amides is 1. The summed E-state index contributed by atoms with van der Waals surface area (Å²) in [5.74, 6) is -0.695. The highest BCUT2D eigenvalue weighted by molar-refractivity contribution is 7.88. The van der Waals surface area contributed by atoms with Crippen molar-refractivity contribution in [3.63, 3.8) is 0 Å². The monoisotopic (exact) mass is 494 g/mol. The number of benzene rings is 2. The topological polar surface area (TPSA) is 66.5 Å². The van der Waals surface area contributed by atoms with Gasteiger partial charge in [-0.1, -0.05) is 52.5 Å². The van der Waals surface area contributed by atoms with E-state index in [1.807, 2.05) is 0 Å². The lowest BCUT2D eigenvalue weighted by Crippen LogP contribution is -2.41. The maximum absolute atomic E-state index is 12.7. The Labute approximate surface area is 189 Å². The van der Waals surface area contributed by atoms with E-state index in [2.05, 4.69) is 5.32 Å². The van der Waals surface area contributed by atoms with E-state index in [0.717, 1.165) is 0 Å². The lowest BCUT2D eigenvalue weighted by Gasteiger charge is -2.30. The predicted molar refractivity (Wildman–Crippen MR) is 118 cm³/mol. The molecule has 156 valence electrons. The van der Waals surface area contributed by atoms with Crippen LogP contribution in [0.1, 0.15) is 18.4 Å². The zero-order chi connectivity index (χ0) is 21.2. The third kappa shape index (κ3) is 5.78. The molecular weight excluding hydrogens is 478 g/mol. The molecule has 29 heavy (non-hydrogen) atoms. The van der Waals surface area contributed by atoms with Crippen LogP contribution in [0.5, 0.6) is 0 Å². The van der Waals surface area contributed by atoms with Gasteiger partial charge in [0, 0.05) is 34.1 Å². The Hall–Kier alpha value is -1.02. The lowest BCUT2D eigenvalue weighted by atomic mass is 9.97. The highest BCUT2D eigenvalue weighted by Crippen LogP contribution is 2.29. The summed E-state index contributed by atoms with van der Waals surface area (Å²) in [6.45, 7) is 0.528. The van der Waals surface area contributed by atoms with Crippen molar-refractivity contribution in [1.82, 2.24) is 4.31 Å². The molecule has 3 rings (SSSR count). The fourth-order valence-electron chi connectivity index (χ4n) is 3.15. The number of hydrogen-bond acceptors (Lipinski definition) is 3. The van der Waals surface area contributed by atoms with Crippen LogP contribution < -0.4 is 5.32 Å². The Morgan fingerprint density at radius 3 is 2.14 bits per heavy atom. The van der Waals surface area contributed by atoms with Crippen LogP contribution in [0.3, 0.4) is 0 Å². The van der Waals surface area contributed by atoms with E-state index in [1.165, 1.54) is 10.4 Å². The van der Waals surface area contributed by atoms with Gasteiger partial charge >= 0.3 is 0 Å². The molecule has 1 heterocycles. The molecule has 0 unspecified atom stereocenters. The fourth-order valence-corrected chi connectivity index (χ4v) is 5.75. The number of nitrogens with one attached hydrogen (secondary N) is 1. The van der Waals surface area contributed by atoms with E-state index < -0.39 is 10.0 Å². The van der Waals surface area contributed by atoms with Crippen LogP contribution in [-0.2, 0) is 20.6 Å². The predicted octanol–water partition coefficient (Wildman–Crippen LogP) is 5.48. The number of sulfonamides is 1.